The fraction of sp³-hybridized carbons (Fsp3) is 0.467. The van der Waals surface area contributed by atoms with Crippen molar-refractivity contribution in [3.8, 4) is 6.07 Å². The minimum atomic E-state index is 0.615. The summed E-state index contributed by atoms with van der Waals surface area (Å²) in [7, 11) is 0. The van der Waals surface area contributed by atoms with Crippen molar-refractivity contribution in [2.75, 3.05) is 31.5 Å². The van der Waals surface area contributed by atoms with Crippen LogP contribution in [0.25, 0.3) is 11.0 Å². The maximum Gasteiger partial charge on any atom is 0.201 e. The van der Waals surface area contributed by atoms with Gasteiger partial charge in [-0.1, -0.05) is 6.07 Å². The number of nitrogens with zero attached hydrogens (tertiary/aromatic N) is 3. The molecular weight excluding hydrogens is 250 g/mol. The molecule has 0 saturated carbocycles. The molecule has 1 saturated heterocycles. The van der Waals surface area contributed by atoms with E-state index in [9.17, 15) is 0 Å². The number of nitriles is 1. The van der Waals surface area contributed by atoms with E-state index in [1.54, 1.807) is 6.07 Å². The Morgan fingerprint density at radius 1 is 1.35 bits per heavy atom. The first kappa shape index (κ1) is 12.9. The molecule has 1 aromatic heterocycles. The molecule has 0 bridgehead atoms. The van der Waals surface area contributed by atoms with Gasteiger partial charge in [-0.05, 0) is 51.0 Å². The van der Waals surface area contributed by atoms with Gasteiger partial charge in [-0.15, -0.1) is 0 Å². The summed E-state index contributed by atoms with van der Waals surface area (Å²) in [6.45, 7) is 4.54. The predicted molar refractivity (Wildman–Crippen MR) is 79.6 cm³/mol. The number of para-hydroxylation sites is 1. The third-order valence-corrected chi connectivity index (χ3v) is 3.78. The van der Waals surface area contributed by atoms with Crippen molar-refractivity contribution in [1.82, 2.24) is 14.9 Å². The van der Waals surface area contributed by atoms with Gasteiger partial charge in [0.2, 0.25) is 5.95 Å². The number of nitrogens with one attached hydrogen (secondary N) is 2. The number of aromatic nitrogens is 2. The van der Waals surface area contributed by atoms with Crippen LogP contribution in [0, 0.1) is 11.3 Å². The third kappa shape index (κ3) is 2.75. The lowest BCUT2D eigenvalue weighted by Crippen LogP contribution is -2.22. The molecule has 0 spiro atoms. The van der Waals surface area contributed by atoms with E-state index in [4.69, 9.17) is 5.26 Å². The van der Waals surface area contributed by atoms with Gasteiger partial charge in [0.05, 0.1) is 11.1 Å². The van der Waals surface area contributed by atoms with Crippen LogP contribution in [-0.2, 0) is 0 Å². The summed E-state index contributed by atoms with van der Waals surface area (Å²) in [6, 6.07) is 7.78. The number of anilines is 1. The zero-order valence-electron chi connectivity index (χ0n) is 11.5. The second-order valence-electron chi connectivity index (χ2n) is 5.23. The molecule has 2 N–H and O–H groups in total. The van der Waals surface area contributed by atoms with E-state index < -0.39 is 0 Å². The van der Waals surface area contributed by atoms with Gasteiger partial charge < -0.3 is 15.2 Å². The molecule has 0 amide bonds. The van der Waals surface area contributed by atoms with Crippen LogP contribution in [0.1, 0.15) is 24.8 Å². The van der Waals surface area contributed by atoms with Gasteiger partial charge in [0.15, 0.2) is 0 Å². The van der Waals surface area contributed by atoms with Crippen LogP contribution in [-0.4, -0.2) is 41.0 Å². The molecule has 0 unspecified atom stereocenters. The fourth-order valence-corrected chi connectivity index (χ4v) is 2.72. The summed E-state index contributed by atoms with van der Waals surface area (Å²) in [4.78, 5) is 10.2. The zero-order valence-corrected chi connectivity index (χ0v) is 11.5. The van der Waals surface area contributed by atoms with Crippen LogP contribution in [0.4, 0.5) is 5.95 Å². The second-order valence-corrected chi connectivity index (χ2v) is 5.23. The SMILES string of the molecule is N#Cc1cccc2[nH]c(NCCCN3CCCC3)nc12. The highest BCUT2D eigenvalue weighted by Crippen LogP contribution is 2.17. The Balaban J connectivity index is 1.56. The van der Waals surface area contributed by atoms with Crippen molar-refractivity contribution < 1.29 is 0 Å². The maximum absolute atomic E-state index is 9.05. The van der Waals surface area contributed by atoms with E-state index in [1.165, 1.54) is 25.9 Å². The molecule has 1 fully saturated rings. The Morgan fingerprint density at radius 3 is 3.00 bits per heavy atom. The van der Waals surface area contributed by atoms with E-state index in [0.717, 1.165) is 36.5 Å². The van der Waals surface area contributed by atoms with Crippen molar-refractivity contribution in [2.24, 2.45) is 0 Å². The molecular formula is C15H19N5. The van der Waals surface area contributed by atoms with Crippen molar-refractivity contribution in [3.63, 3.8) is 0 Å². The Bertz CT molecular complexity index is 619. The average Bonchev–Trinajstić information content (AvgIpc) is 3.11. The number of hydrogen-bond acceptors (Lipinski definition) is 4. The molecule has 3 rings (SSSR count). The number of imidazole rings is 1. The van der Waals surface area contributed by atoms with Gasteiger partial charge in [-0.25, -0.2) is 4.98 Å². The third-order valence-electron chi connectivity index (χ3n) is 3.78. The standard InChI is InChI=1S/C15H19N5/c16-11-12-5-3-6-13-14(12)19-15(18-13)17-7-4-10-20-8-1-2-9-20/h3,5-6H,1-2,4,7-10H2,(H2,17,18,19). The normalized spacial score (nSPS) is 15.6. The first-order valence-electron chi connectivity index (χ1n) is 7.22. The van der Waals surface area contributed by atoms with Gasteiger partial charge in [0, 0.05) is 6.54 Å². The molecule has 20 heavy (non-hydrogen) atoms. The molecule has 1 aliphatic heterocycles. The van der Waals surface area contributed by atoms with Crippen LogP contribution in [0.5, 0.6) is 0 Å². The first-order valence-corrected chi connectivity index (χ1v) is 7.22. The topological polar surface area (TPSA) is 67.7 Å². The Labute approximate surface area is 118 Å². The highest BCUT2D eigenvalue weighted by Gasteiger charge is 2.10. The molecule has 104 valence electrons. The molecule has 0 aliphatic carbocycles. The predicted octanol–water partition coefficient (Wildman–Crippen LogP) is 2.33. The van der Waals surface area contributed by atoms with Gasteiger partial charge in [0.25, 0.3) is 0 Å². The lowest BCUT2D eigenvalue weighted by atomic mass is 10.2. The summed E-state index contributed by atoms with van der Waals surface area (Å²) >= 11 is 0. The van der Waals surface area contributed by atoms with Crippen LogP contribution in [0.2, 0.25) is 0 Å². The van der Waals surface area contributed by atoms with Crippen LogP contribution < -0.4 is 5.32 Å². The largest absolute Gasteiger partial charge is 0.356 e. The second kappa shape index (κ2) is 5.93. The van der Waals surface area contributed by atoms with Crippen molar-refractivity contribution in [2.45, 2.75) is 19.3 Å². The van der Waals surface area contributed by atoms with E-state index in [0.29, 0.717) is 5.56 Å². The molecule has 2 aromatic rings. The fourth-order valence-electron chi connectivity index (χ4n) is 2.72. The van der Waals surface area contributed by atoms with Gasteiger partial charge in [-0.2, -0.15) is 5.26 Å². The Kier molecular flexibility index (Phi) is 3.84. The Morgan fingerprint density at radius 2 is 2.20 bits per heavy atom. The van der Waals surface area contributed by atoms with Gasteiger partial charge >= 0.3 is 0 Å². The van der Waals surface area contributed by atoms with Crippen molar-refractivity contribution in [1.29, 1.82) is 5.26 Å². The summed E-state index contributed by atoms with van der Waals surface area (Å²) in [6.07, 6.45) is 3.80. The Hall–Kier alpha value is -2.06. The average molecular weight is 269 g/mol. The number of fused-ring (bicyclic) bond motifs is 1. The number of H-pyrrole nitrogens is 1. The maximum atomic E-state index is 9.05. The summed E-state index contributed by atoms with van der Waals surface area (Å²) in [5, 5.41) is 12.4. The summed E-state index contributed by atoms with van der Waals surface area (Å²) in [5.74, 6) is 0.754. The van der Waals surface area contributed by atoms with Crippen molar-refractivity contribution in [3.05, 3.63) is 23.8 Å². The highest BCUT2D eigenvalue weighted by atomic mass is 15.1. The molecule has 1 aromatic carbocycles. The number of benzene rings is 1. The zero-order chi connectivity index (χ0) is 13.8. The number of aromatic amines is 1. The highest BCUT2D eigenvalue weighted by molar-refractivity contribution is 5.83. The van der Waals surface area contributed by atoms with E-state index in [2.05, 4.69) is 26.3 Å². The minimum absolute atomic E-state index is 0.615. The van der Waals surface area contributed by atoms with Gasteiger partial charge in [0.1, 0.15) is 11.6 Å². The van der Waals surface area contributed by atoms with Crippen LogP contribution in [0.3, 0.4) is 0 Å². The van der Waals surface area contributed by atoms with Crippen LogP contribution >= 0.6 is 0 Å². The number of rotatable bonds is 5. The number of hydrogen-bond donors (Lipinski definition) is 2. The van der Waals surface area contributed by atoms with Crippen LogP contribution in [0.15, 0.2) is 18.2 Å². The summed E-state index contributed by atoms with van der Waals surface area (Å²) < 4.78 is 0. The first-order chi connectivity index (χ1) is 9.86. The molecule has 5 nitrogen and oxygen atoms in total. The van der Waals surface area contributed by atoms with E-state index in [-0.39, 0.29) is 0 Å². The molecule has 0 atom stereocenters. The molecule has 2 heterocycles. The smallest absolute Gasteiger partial charge is 0.201 e. The van der Waals surface area contributed by atoms with E-state index in [1.807, 2.05) is 12.1 Å². The lowest BCUT2D eigenvalue weighted by molar-refractivity contribution is 0.337. The minimum Gasteiger partial charge on any atom is -0.356 e. The monoisotopic (exact) mass is 269 g/mol. The number of likely N-dealkylation sites (tertiary alicyclic amines) is 1. The van der Waals surface area contributed by atoms with Gasteiger partial charge in [-0.3, -0.25) is 0 Å². The molecule has 1 aliphatic rings. The van der Waals surface area contributed by atoms with Crippen molar-refractivity contribution >= 4 is 17.0 Å². The lowest BCUT2D eigenvalue weighted by Gasteiger charge is -2.13. The molecule has 5 heteroatoms. The van der Waals surface area contributed by atoms with E-state index >= 15 is 0 Å². The molecule has 0 radical (unpaired) electrons. The summed E-state index contributed by atoms with van der Waals surface area (Å²) in [5.41, 5.74) is 2.27. The quantitative estimate of drug-likeness (QED) is 0.817.